The van der Waals surface area contributed by atoms with Crippen LogP contribution in [-0.4, -0.2) is 110 Å². The molecule has 0 unspecified atom stereocenters. The van der Waals surface area contributed by atoms with E-state index in [4.69, 9.17) is 27.9 Å². The third-order valence-corrected chi connectivity index (χ3v) is 5.47. The molecule has 0 bridgehead atoms. The Kier molecular flexibility index (Phi) is 8.98. The molecule has 3 amide bonds. The van der Waals surface area contributed by atoms with Crippen molar-refractivity contribution in [2.24, 2.45) is 0 Å². The molecule has 2 fully saturated rings. The molecule has 4 rings (SSSR count). The summed E-state index contributed by atoms with van der Waals surface area (Å²) in [7, 11) is 0. The highest BCUT2D eigenvalue weighted by molar-refractivity contribution is 6.30. The number of piperazine rings is 2. The third-order valence-electron chi connectivity index (χ3n) is 5.08. The van der Waals surface area contributed by atoms with Crippen LogP contribution in [0.25, 0.3) is 0 Å². The molecule has 4 heterocycles. The lowest BCUT2D eigenvalue weighted by molar-refractivity contribution is 0.0169. The van der Waals surface area contributed by atoms with Gasteiger partial charge in [0.15, 0.2) is 0 Å². The molecule has 12 nitrogen and oxygen atoms in total. The van der Waals surface area contributed by atoms with Gasteiger partial charge in [0, 0.05) is 52.4 Å². The highest BCUT2D eigenvalue weighted by Gasteiger charge is 2.28. The van der Waals surface area contributed by atoms with Crippen LogP contribution in [0.5, 0.6) is 0 Å². The van der Waals surface area contributed by atoms with Gasteiger partial charge in [-0.2, -0.15) is 19.6 Å². The normalized spacial score (nSPS) is 16.4. The Labute approximate surface area is 213 Å². The van der Waals surface area contributed by atoms with E-state index >= 15 is 0 Å². The molecule has 2 saturated heterocycles. The summed E-state index contributed by atoms with van der Waals surface area (Å²) in [5, 5.41) is 11.8. The highest BCUT2D eigenvalue weighted by atomic mass is 35.5. The van der Waals surface area contributed by atoms with Crippen LogP contribution in [0.4, 0.5) is 14.4 Å². The molecule has 0 aliphatic carbocycles. The van der Waals surface area contributed by atoms with Gasteiger partial charge in [0.05, 0.1) is 34.8 Å². The molecule has 192 valence electrons. The maximum absolute atomic E-state index is 12.2. The first-order chi connectivity index (χ1) is 16.5. The van der Waals surface area contributed by atoms with Crippen LogP contribution >= 0.6 is 23.2 Å². The van der Waals surface area contributed by atoms with Gasteiger partial charge in [-0.15, -0.1) is 0 Å². The number of hydrogen-bond donors (Lipinski definition) is 1. The Morgan fingerprint density at radius 3 is 1.63 bits per heavy atom. The number of halogens is 2. The minimum Gasteiger partial charge on any atom is -0.444 e. The van der Waals surface area contributed by atoms with Crippen molar-refractivity contribution in [1.82, 2.24) is 39.6 Å². The van der Waals surface area contributed by atoms with Crippen molar-refractivity contribution in [2.75, 3.05) is 52.4 Å². The fraction of sp³-hybridized carbons (Fsp3) is 0.571. The number of amides is 3. The molecule has 0 spiro atoms. The summed E-state index contributed by atoms with van der Waals surface area (Å²) in [4.78, 5) is 40.8. The predicted octanol–water partition coefficient (Wildman–Crippen LogP) is 2.47. The zero-order valence-electron chi connectivity index (χ0n) is 20.0. The molecule has 1 N–H and O–H groups in total. The number of ether oxygens (including phenoxy) is 1. The Balaban J connectivity index is 0.000000211. The van der Waals surface area contributed by atoms with Crippen LogP contribution in [0.3, 0.4) is 0 Å². The van der Waals surface area contributed by atoms with Gasteiger partial charge in [-0.1, -0.05) is 23.2 Å². The number of nitrogens with zero attached hydrogens (tertiary/aromatic N) is 7. The fourth-order valence-corrected chi connectivity index (χ4v) is 3.64. The van der Waals surface area contributed by atoms with Crippen LogP contribution in [-0.2, 0) is 4.74 Å². The van der Waals surface area contributed by atoms with Gasteiger partial charge in [-0.25, -0.2) is 14.4 Å². The molecule has 2 aromatic heterocycles. The Morgan fingerprint density at radius 2 is 1.23 bits per heavy atom. The van der Waals surface area contributed by atoms with Gasteiger partial charge in [0.2, 0.25) is 0 Å². The number of nitrogens with one attached hydrogen (secondary N) is 1. The minimum absolute atomic E-state index is 0.113. The van der Waals surface area contributed by atoms with Crippen LogP contribution in [0.2, 0.25) is 10.0 Å². The molecule has 35 heavy (non-hydrogen) atoms. The van der Waals surface area contributed by atoms with Gasteiger partial charge >= 0.3 is 18.2 Å². The van der Waals surface area contributed by atoms with Crippen molar-refractivity contribution in [3.8, 4) is 0 Å². The fourth-order valence-electron chi connectivity index (χ4n) is 3.36. The van der Waals surface area contributed by atoms with Gasteiger partial charge in [-0.05, 0) is 20.8 Å². The summed E-state index contributed by atoms with van der Waals surface area (Å²) in [6.07, 6.45) is 5.51. The molecule has 2 aliphatic rings. The lowest BCUT2D eigenvalue weighted by Gasteiger charge is -2.35. The first-order valence-corrected chi connectivity index (χ1v) is 12.0. The smallest absolute Gasteiger partial charge is 0.410 e. The van der Waals surface area contributed by atoms with E-state index in [1.807, 2.05) is 20.8 Å². The maximum atomic E-state index is 12.2. The first kappa shape index (κ1) is 26.8. The average molecular weight is 529 g/mol. The monoisotopic (exact) mass is 528 g/mol. The van der Waals surface area contributed by atoms with E-state index in [9.17, 15) is 14.4 Å². The standard InChI is InChI=1S/C13H19ClN4O3.C8H11ClN4O/c1-13(2,3)21-12(20)17-6-4-16(5-7-17)11(19)18-9-10(14)8-15-18;9-7-5-11-13(6-7)8(14)12-3-1-10-2-4-12/h8-9H,4-7H2,1-3H3;5-6,10H,1-4H2. The van der Waals surface area contributed by atoms with Crippen molar-refractivity contribution in [3.63, 3.8) is 0 Å². The summed E-state index contributed by atoms with van der Waals surface area (Å²) in [6.45, 7) is 10.3. The van der Waals surface area contributed by atoms with Crippen molar-refractivity contribution < 1.29 is 19.1 Å². The number of rotatable bonds is 0. The molecule has 0 atom stereocenters. The quantitative estimate of drug-likeness (QED) is 0.557. The second kappa shape index (κ2) is 11.7. The minimum atomic E-state index is -0.518. The average Bonchev–Trinajstić information content (AvgIpc) is 3.46. The molecule has 2 aromatic rings. The van der Waals surface area contributed by atoms with E-state index < -0.39 is 5.60 Å². The third kappa shape index (κ3) is 7.84. The summed E-state index contributed by atoms with van der Waals surface area (Å²) >= 11 is 11.4. The molecular weight excluding hydrogens is 499 g/mol. The van der Waals surface area contributed by atoms with E-state index in [0.29, 0.717) is 36.2 Å². The van der Waals surface area contributed by atoms with E-state index in [0.717, 1.165) is 26.2 Å². The number of aromatic nitrogens is 4. The second-order valence-electron chi connectivity index (χ2n) is 8.96. The van der Waals surface area contributed by atoms with E-state index in [1.165, 1.54) is 34.2 Å². The zero-order valence-corrected chi connectivity index (χ0v) is 21.5. The van der Waals surface area contributed by atoms with Gasteiger partial charge in [-0.3, -0.25) is 0 Å². The molecule has 0 radical (unpaired) electrons. The van der Waals surface area contributed by atoms with E-state index in [1.54, 1.807) is 14.7 Å². The van der Waals surface area contributed by atoms with Crippen LogP contribution in [0, 0.1) is 0 Å². The van der Waals surface area contributed by atoms with Gasteiger partial charge in [0.1, 0.15) is 5.60 Å². The maximum Gasteiger partial charge on any atom is 0.410 e. The van der Waals surface area contributed by atoms with Crippen molar-refractivity contribution in [2.45, 2.75) is 26.4 Å². The first-order valence-electron chi connectivity index (χ1n) is 11.2. The summed E-state index contributed by atoms with van der Waals surface area (Å²) in [6, 6.07) is -0.357. The Hall–Kier alpha value is -2.83. The molecule has 14 heteroatoms. The summed E-state index contributed by atoms with van der Waals surface area (Å²) < 4.78 is 7.78. The topological polar surface area (TPSA) is 118 Å². The zero-order chi connectivity index (χ0) is 25.6. The lowest BCUT2D eigenvalue weighted by Crippen LogP contribution is -2.52. The second-order valence-corrected chi connectivity index (χ2v) is 9.84. The SMILES string of the molecule is CC(C)(C)OC(=O)N1CCN(C(=O)n2cc(Cl)cn2)CC1.O=C(N1CCNCC1)n1cc(Cl)cn1. The largest absolute Gasteiger partial charge is 0.444 e. The Morgan fingerprint density at radius 1 is 0.800 bits per heavy atom. The Bertz CT molecular complexity index is 1020. The van der Waals surface area contributed by atoms with Gasteiger partial charge in [0.25, 0.3) is 0 Å². The molecular formula is C21H30Cl2N8O4. The molecule has 0 aromatic carbocycles. The number of carbonyl (C=O) groups excluding carboxylic acids is 3. The van der Waals surface area contributed by atoms with Gasteiger partial charge < -0.3 is 24.8 Å². The lowest BCUT2D eigenvalue weighted by atomic mass is 10.2. The predicted molar refractivity (Wildman–Crippen MR) is 130 cm³/mol. The van der Waals surface area contributed by atoms with Crippen LogP contribution in [0.1, 0.15) is 20.8 Å². The van der Waals surface area contributed by atoms with E-state index in [2.05, 4.69) is 15.5 Å². The molecule has 2 aliphatic heterocycles. The molecule has 0 saturated carbocycles. The van der Waals surface area contributed by atoms with Crippen molar-refractivity contribution >= 4 is 41.4 Å². The number of carbonyl (C=O) groups is 3. The van der Waals surface area contributed by atoms with E-state index in [-0.39, 0.29) is 18.2 Å². The van der Waals surface area contributed by atoms with Crippen molar-refractivity contribution in [1.29, 1.82) is 0 Å². The van der Waals surface area contributed by atoms with Crippen molar-refractivity contribution in [3.05, 3.63) is 34.8 Å². The van der Waals surface area contributed by atoms with Crippen LogP contribution < -0.4 is 5.32 Å². The highest BCUT2D eigenvalue weighted by Crippen LogP contribution is 2.13. The summed E-state index contributed by atoms with van der Waals surface area (Å²) in [5.74, 6) is 0. The summed E-state index contributed by atoms with van der Waals surface area (Å²) in [5.41, 5.74) is -0.518. The van der Waals surface area contributed by atoms with Crippen LogP contribution in [0.15, 0.2) is 24.8 Å². The number of hydrogen-bond acceptors (Lipinski definition) is 7.